The molecule has 11 heavy (non-hydrogen) atoms. The molecule has 2 unspecified atom stereocenters. The summed E-state index contributed by atoms with van der Waals surface area (Å²) >= 11 is 2.39. The quantitative estimate of drug-likeness (QED) is 0.505. The van der Waals surface area contributed by atoms with E-state index in [1.54, 1.807) is 0 Å². The molecule has 2 atom stereocenters. The van der Waals surface area contributed by atoms with Crippen molar-refractivity contribution in [2.45, 2.75) is 57.5 Å². The molecule has 0 aromatic heterocycles. The molecule has 0 bridgehead atoms. The van der Waals surface area contributed by atoms with Gasteiger partial charge in [0.25, 0.3) is 0 Å². The second kappa shape index (κ2) is 7.26. The van der Waals surface area contributed by atoms with E-state index in [0.29, 0.717) is 0 Å². The van der Waals surface area contributed by atoms with Gasteiger partial charge in [-0.1, -0.05) is 0 Å². The second-order valence-electron chi connectivity index (χ2n) is 3.70. The Labute approximate surface area is 81.3 Å². The summed E-state index contributed by atoms with van der Waals surface area (Å²) < 4.78 is 0.937. The van der Waals surface area contributed by atoms with Crippen molar-refractivity contribution in [3.05, 3.63) is 0 Å². The Bertz CT molecular complexity index is 80.9. The van der Waals surface area contributed by atoms with Crippen LogP contribution >= 0.6 is 0 Å². The molecule has 0 rings (SSSR count). The van der Waals surface area contributed by atoms with E-state index < -0.39 is 0 Å². The van der Waals surface area contributed by atoms with E-state index in [2.05, 4.69) is 38.5 Å². The van der Waals surface area contributed by atoms with Gasteiger partial charge >= 0.3 is 81.1 Å². The van der Waals surface area contributed by atoms with Crippen LogP contribution in [0.2, 0.25) is 4.59 Å². The zero-order valence-electron chi connectivity index (χ0n) is 8.69. The fourth-order valence-electron chi connectivity index (χ4n) is 1.69. The summed E-state index contributed by atoms with van der Waals surface area (Å²) in [5.41, 5.74) is 0. The van der Waals surface area contributed by atoms with Gasteiger partial charge in [0.2, 0.25) is 0 Å². The summed E-state index contributed by atoms with van der Waals surface area (Å²) in [5.74, 6) is 0.986. The van der Waals surface area contributed by atoms with E-state index in [1.807, 2.05) is 0 Å². The third-order valence-corrected chi connectivity index (χ3v) is 2.90. The Balaban J connectivity index is 3.56. The van der Waals surface area contributed by atoms with Crippen molar-refractivity contribution in [1.29, 1.82) is 0 Å². The normalized spacial score (nSPS) is 16.5. The fraction of sp³-hybridized carbons (Fsp3) is 1.00. The average molecular weight is 148 g/mol. The maximum atomic E-state index is 2.39. The summed E-state index contributed by atoms with van der Waals surface area (Å²) in [5, 5.41) is 0. The SMILES string of the molecule is [Li][CH](CC)C(CC)CCCC. The zero-order valence-corrected chi connectivity index (χ0v) is 8.69. The molecule has 0 aromatic rings. The van der Waals surface area contributed by atoms with Crippen LogP contribution in [0.25, 0.3) is 0 Å². The molecular formula is C10H21Li. The minimum atomic E-state index is 0.937. The van der Waals surface area contributed by atoms with Crippen molar-refractivity contribution in [3.8, 4) is 0 Å². The van der Waals surface area contributed by atoms with Gasteiger partial charge in [-0.15, -0.1) is 0 Å². The number of hydrogen-bond donors (Lipinski definition) is 0. The van der Waals surface area contributed by atoms with Gasteiger partial charge in [-0.3, -0.25) is 0 Å². The molecule has 0 spiro atoms. The first-order valence-electron chi connectivity index (χ1n) is 5.26. The van der Waals surface area contributed by atoms with Gasteiger partial charge < -0.3 is 0 Å². The van der Waals surface area contributed by atoms with Crippen molar-refractivity contribution < 1.29 is 0 Å². The van der Waals surface area contributed by atoms with Crippen LogP contribution in [0.5, 0.6) is 0 Å². The van der Waals surface area contributed by atoms with Crippen LogP contribution in [0.15, 0.2) is 0 Å². The first-order chi connectivity index (χ1) is 5.26. The van der Waals surface area contributed by atoms with E-state index in [4.69, 9.17) is 0 Å². The molecule has 0 aliphatic rings. The summed E-state index contributed by atoms with van der Waals surface area (Å²) in [7, 11) is 0. The van der Waals surface area contributed by atoms with Crippen LogP contribution in [0.3, 0.4) is 0 Å². The number of rotatable bonds is 6. The van der Waals surface area contributed by atoms with Gasteiger partial charge in [-0.05, 0) is 0 Å². The number of hydrogen-bond acceptors (Lipinski definition) is 0. The summed E-state index contributed by atoms with van der Waals surface area (Å²) in [4.78, 5) is 0. The predicted octanol–water partition coefficient (Wildman–Crippen LogP) is 3.57. The van der Waals surface area contributed by atoms with E-state index in [1.165, 1.54) is 32.1 Å². The van der Waals surface area contributed by atoms with Crippen LogP contribution < -0.4 is 0 Å². The Hall–Kier alpha value is 0.597. The Morgan fingerprint density at radius 1 is 1.09 bits per heavy atom. The Kier molecular flexibility index (Phi) is 7.65. The predicted molar refractivity (Wildman–Crippen MR) is 53.1 cm³/mol. The van der Waals surface area contributed by atoms with Crippen molar-refractivity contribution in [2.75, 3.05) is 0 Å². The molecule has 0 aliphatic carbocycles. The van der Waals surface area contributed by atoms with Crippen molar-refractivity contribution in [2.24, 2.45) is 5.92 Å². The van der Waals surface area contributed by atoms with Crippen molar-refractivity contribution in [3.63, 3.8) is 0 Å². The molecule has 0 aromatic carbocycles. The fourth-order valence-corrected chi connectivity index (χ4v) is 1.69. The second-order valence-corrected chi connectivity index (χ2v) is 3.70. The van der Waals surface area contributed by atoms with E-state index >= 15 is 0 Å². The Morgan fingerprint density at radius 3 is 2.09 bits per heavy atom. The van der Waals surface area contributed by atoms with E-state index in [0.717, 1.165) is 10.5 Å². The first kappa shape index (κ1) is 11.6. The molecule has 0 amide bonds. The average Bonchev–Trinajstić information content (AvgIpc) is 2.05. The van der Waals surface area contributed by atoms with E-state index in [9.17, 15) is 0 Å². The molecule has 0 nitrogen and oxygen atoms in total. The van der Waals surface area contributed by atoms with E-state index in [-0.39, 0.29) is 0 Å². The van der Waals surface area contributed by atoms with Gasteiger partial charge in [0.15, 0.2) is 0 Å². The molecule has 0 heterocycles. The first-order valence-corrected chi connectivity index (χ1v) is 5.26. The monoisotopic (exact) mass is 148 g/mol. The summed E-state index contributed by atoms with van der Waals surface area (Å²) in [6.45, 7) is 6.91. The minimum absolute atomic E-state index is 0.937. The molecular weight excluding hydrogens is 127 g/mol. The molecule has 0 saturated heterocycles. The summed E-state index contributed by atoms with van der Waals surface area (Å²) in [6, 6.07) is 0. The third-order valence-electron chi connectivity index (χ3n) is 2.90. The molecule has 0 aliphatic heterocycles. The molecule has 0 radical (unpaired) electrons. The Morgan fingerprint density at radius 2 is 1.73 bits per heavy atom. The molecule has 0 fully saturated rings. The van der Waals surface area contributed by atoms with Crippen LogP contribution in [0, 0.1) is 5.92 Å². The van der Waals surface area contributed by atoms with Gasteiger partial charge in [0.05, 0.1) is 0 Å². The van der Waals surface area contributed by atoms with Gasteiger partial charge in [0.1, 0.15) is 0 Å². The van der Waals surface area contributed by atoms with Crippen LogP contribution in [0.1, 0.15) is 52.9 Å². The summed E-state index contributed by atoms with van der Waals surface area (Å²) in [6.07, 6.45) is 6.94. The van der Waals surface area contributed by atoms with Crippen molar-refractivity contribution >= 4 is 17.7 Å². The molecule has 62 valence electrons. The molecule has 0 N–H and O–H groups in total. The standard InChI is InChI=1S/C10H21.Li/c1-4-7-9-10(6-3)8-5-2;/h8,10H,4-7,9H2,1-3H3;. The zero-order chi connectivity index (χ0) is 8.69. The van der Waals surface area contributed by atoms with Gasteiger partial charge in [-0.25, -0.2) is 0 Å². The third kappa shape index (κ3) is 4.94. The van der Waals surface area contributed by atoms with Gasteiger partial charge in [-0.2, -0.15) is 0 Å². The van der Waals surface area contributed by atoms with Crippen LogP contribution in [-0.2, 0) is 0 Å². The molecule has 0 saturated carbocycles. The number of unbranched alkanes of at least 4 members (excludes halogenated alkanes) is 1. The molecule has 1 heteroatoms. The topological polar surface area (TPSA) is 0 Å². The van der Waals surface area contributed by atoms with Crippen LogP contribution in [-0.4, -0.2) is 17.7 Å². The van der Waals surface area contributed by atoms with Crippen LogP contribution in [0.4, 0.5) is 0 Å². The maximum absolute atomic E-state index is 2.39. The van der Waals surface area contributed by atoms with Crippen molar-refractivity contribution in [1.82, 2.24) is 0 Å². The van der Waals surface area contributed by atoms with Gasteiger partial charge in [0, 0.05) is 0 Å².